The summed E-state index contributed by atoms with van der Waals surface area (Å²) in [7, 11) is 0. The zero-order valence-corrected chi connectivity index (χ0v) is 29.1. The molecule has 1 aliphatic rings. The van der Waals surface area contributed by atoms with Crippen molar-refractivity contribution in [3.63, 3.8) is 0 Å². The molecule has 0 aliphatic carbocycles. The summed E-state index contributed by atoms with van der Waals surface area (Å²) in [5.74, 6) is -3.04. The van der Waals surface area contributed by atoms with Gasteiger partial charge in [-0.15, -0.1) is 0 Å². The van der Waals surface area contributed by atoms with Gasteiger partial charge in [-0.2, -0.15) is 0 Å². The number of aromatic nitrogens is 4. The topological polar surface area (TPSA) is 158 Å². The van der Waals surface area contributed by atoms with Crippen LogP contribution in [-0.2, 0) is 23.7 Å². The molecule has 272 valence electrons. The van der Waals surface area contributed by atoms with Gasteiger partial charge in [-0.25, -0.2) is 34.1 Å². The Bertz CT molecular complexity index is 2240. The van der Waals surface area contributed by atoms with Crippen LogP contribution in [0.3, 0.4) is 0 Å². The lowest BCUT2D eigenvalue weighted by Gasteiger charge is -2.33. The number of rotatable bonds is 10. The van der Waals surface area contributed by atoms with Gasteiger partial charge in [0.1, 0.15) is 36.9 Å². The smallest absolute Gasteiger partial charge is 0.338 e. The number of carbonyl (C=O) groups is 4. The fourth-order valence-corrected chi connectivity index (χ4v) is 6.14. The van der Waals surface area contributed by atoms with E-state index in [2.05, 4.69) is 15.0 Å². The zero-order valence-electron chi connectivity index (χ0n) is 28.3. The third kappa shape index (κ3) is 8.12. The van der Waals surface area contributed by atoms with E-state index in [-0.39, 0.29) is 45.0 Å². The van der Waals surface area contributed by atoms with Gasteiger partial charge in [0.15, 0.2) is 23.0 Å². The molecular formula is C40H31ClN4O9. The summed E-state index contributed by atoms with van der Waals surface area (Å²) in [5, 5.41) is 0.0807. The van der Waals surface area contributed by atoms with Crippen LogP contribution in [0.5, 0.6) is 0 Å². The lowest BCUT2D eigenvalue weighted by Crippen LogP contribution is -2.51. The second-order valence-corrected chi connectivity index (χ2v) is 12.5. The van der Waals surface area contributed by atoms with E-state index in [1.54, 1.807) is 121 Å². The number of carbonyl (C=O) groups excluding carboxylic acids is 4. The molecule has 1 aliphatic heterocycles. The van der Waals surface area contributed by atoms with Crippen LogP contribution >= 0.6 is 11.6 Å². The highest BCUT2D eigenvalue weighted by molar-refractivity contribution is 6.33. The number of hydrogen-bond acceptors (Lipinski definition) is 12. The van der Waals surface area contributed by atoms with Crippen molar-refractivity contribution in [3.8, 4) is 0 Å². The van der Waals surface area contributed by atoms with Crippen LogP contribution in [0.2, 0.25) is 5.15 Å². The number of hydrogen-bond donors (Lipinski definition) is 0. The minimum absolute atomic E-state index is 0.0807. The Kier molecular flexibility index (Phi) is 11.0. The maximum absolute atomic E-state index is 13.8. The Labute approximate surface area is 313 Å². The second-order valence-electron chi connectivity index (χ2n) is 12.1. The van der Waals surface area contributed by atoms with Crippen molar-refractivity contribution in [2.75, 3.05) is 6.61 Å². The van der Waals surface area contributed by atoms with Gasteiger partial charge >= 0.3 is 23.9 Å². The molecule has 7 rings (SSSR count). The first-order valence-electron chi connectivity index (χ1n) is 16.8. The van der Waals surface area contributed by atoms with Gasteiger partial charge in [0.2, 0.25) is 0 Å². The minimum atomic E-state index is -1.51. The predicted molar refractivity (Wildman–Crippen MR) is 193 cm³/mol. The van der Waals surface area contributed by atoms with Crippen LogP contribution in [0.4, 0.5) is 0 Å². The normalized spacial score (nSPS) is 19.6. The zero-order chi connectivity index (χ0) is 37.4. The first kappa shape index (κ1) is 35.9. The third-order valence-corrected chi connectivity index (χ3v) is 8.88. The molecule has 13 nitrogen and oxygen atoms in total. The van der Waals surface area contributed by atoms with Gasteiger partial charge in [0.25, 0.3) is 0 Å². The molecule has 3 heterocycles. The molecule has 0 radical (unpaired) electrons. The van der Waals surface area contributed by atoms with E-state index in [4.69, 9.17) is 35.3 Å². The van der Waals surface area contributed by atoms with Crippen molar-refractivity contribution < 1.29 is 42.9 Å². The van der Waals surface area contributed by atoms with Crippen LogP contribution in [0, 0.1) is 0 Å². The molecule has 54 heavy (non-hydrogen) atoms. The molecule has 0 saturated carbocycles. The van der Waals surface area contributed by atoms with E-state index >= 15 is 0 Å². The summed E-state index contributed by atoms with van der Waals surface area (Å²) >= 11 is 6.35. The van der Waals surface area contributed by atoms with Crippen molar-refractivity contribution >= 4 is 46.6 Å². The second kappa shape index (κ2) is 16.5. The quantitative estimate of drug-likeness (QED) is 0.0877. The summed E-state index contributed by atoms with van der Waals surface area (Å²) < 4.78 is 32.4. The number of nitrogens with zero attached hydrogens (tertiary/aromatic N) is 4. The van der Waals surface area contributed by atoms with Gasteiger partial charge < -0.3 is 23.7 Å². The van der Waals surface area contributed by atoms with E-state index in [1.165, 1.54) is 17.2 Å². The predicted octanol–water partition coefficient (Wildman–Crippen LogP) is 6.30. The SMILES string of the molecule is O=C(OC[C@H]1O[C@@H](n2cnc3c(Cl)ncnc32)C[C@H](OC(=O)c2ccccc2)[C@@H](OC(=O)c2ccccc2)[C@@H]1OC(=O)c1ccccc1)c1ccccc1. The number of imidazole rings is 1. The molecule has 5 atom stereocenters. The number of halogens is 1. The molecule has 0 bridgehead atoms. The molecule has 0 spiro atoms. The minimum Gasteiger partial charge on any atom is -0.459 e. The Morgan fingerprint density at radius 3 is 1.65 bits per heavy atom. The first-order chi connectivity index (χ1) is 26.4. The van der Waals surface area contributed by atoms with E-state index in [1.807, 2.05) is 0 Å². The van der Waals surface area contributed by atoms with E-state index in [0.29, 0.717) is 0 Å². The number of ether oxygens (including phenoxy) is 5. The number of benzene rings is 4. The molecule has 1 fully saturated rings. The molecule has 6 aromatic rings. The molecule has 4 aromatic carbocycles. The third-order valence-electron chi connectivity index (χ3n) is 8.61. The monoisotopic (exact) mass is 746 g/mol. The van der Waals surface area contributed by atoms with Gasteiger partial charge in [-0.3, -0.25) is 4.57 Å². The molecule has 0 N–H and O–H groups in total. The highest BCUT2D eigenvalue weighted by Crippen LogP contribution is 2.35. The average molecular weight is 747 g/mol. The van der Waals surface area contributed by atoms with Crippen LogP contribution in [0.25, 0.3) is 11.2 Å². The molecular weight excluding hydrogens is 716 g/mol. The van der Waals surface area contributed by atoms with Crippen LogP contribution < -0.4 is 0 Å². The van der Waals surface area contributed by atoms with Crippen LogP contribution in [0.15, 0.2) is 134 Å². The van der Waals surface area contributed by atoms with Gasteiger partial charge in [-0.05, 0) is 48.5 Å². The van der Waals surface area contributed by atoms with Crippen LogP contribution in [0.1, 0.15) is 54.1 Å². The lowest BCUT2D eigenvalue weighted by atomic mass is 10.0. The van der Waals surface area contributed by atoms with E-state index < -0.39 is 61.1 Å². The Balaban J connectivity index is 1.35. The van der Waals surface area contributed by atoms with Crippen molar-refractivity contribution in [2.45, 2.75) is 37.1 Å². The fraction of sp³-hybridized carbons (Fsp3) is 0.175. The van der Waals surface area contributed by atoms with Crippen molar-refractivity contribution in [1.29, 1.82) is 0 Å². The van der Waals surface area contributed by atoms with Crippen molar-refractivity contribution in [3.05, 3.63) is 161 Å². The Morgan fingerprint density at radius 2 is 1.11 bits per heavy atom. The molecule has 2 aromatic heterocycles. The molecule has 14 heteroatoms. The standard InChI is InChI=1S/C40H31ClN4O9/c41-35-32-36(43-23-42-35)45(24-44-32)31-21-29(52-38(47)26-15-7-2-8-16-26)33(53-39(48)27-17-9-3-10-18-27)34(54-40(49)28-19-11-4-12-20-28)30(51-31)22-50-37(46)25-13-5-1-6-14-25/h1-20,23-24,29-31,33-34H,21-22H2/t29-,30+,31+,33+,34+/m0/s1. The van der Waals surface area contributed by atoms with Gasteiger partial charge in [0.05, 0.1) is 28.6 Å². The van der Waals surface area contributed by atoms with Gasteiger partial charge in [-0.1, -0.05) is 84.4 Å². The van der Waals surface area contributed by atoms with Gasteiger partial charge in [0, 0.05) is 6.42 Å². The Hall–Kier alpha value is -6.44. The summed E-state index contributed by atoms with van der Waals surface area (Å²) in [6.07, 6.45) is -4.26. The summed E-state index contributed by atoms with van der Waals surface area (Å²) in [4.78, 5) is 67.4. The van der Waals surface area contributed by atoms with E-state index in [0.717, 1.165) is 0 Å². The fourth-order valence-electron chi connectivity index (χ4n) is 5.97. The summed E-state index contributed by atoms with van der Waals surface area (Å²) in [6.45, 7) is -0.488. The average Bonchev–Trinajstić information content (AvgIpc) is 3.61. The molecule has 0 amide bonds. The number of esters is 4. The summed E-state index contributed by atoms with van der Waals surface area (Å²) in [6, 6.07) is 32.8. The molecule has 0 unspecified atom stereocenters. The van der Waals surface area contributed by atoms with Crippen molar-refractivity contribution in [2.24, 2.45) is 0 Å². The highest BCUT2D eigenvalue weighted by atomic mass is 35.5. The van der Waals surface area contributed by atoms with Crippen molar-refractivity contribution in [1.82, 2.24) is 19.5 Å². The van der Waals surface area contributed by atoms with Crippen LogP contribution in [-0.4, -0.2) is 74.4 Å². The molecule has 1 saturated heterocycles. The first-order valence-corrected chi connectivity index (χ1v) is 17.2. The maximum atomic E-state index is 13.8. The summed E-state index contributed by atoms with van der Waals surface area (Å²) in [5.41, 5.74) is 1.36. The largest absolute Gasteiger partial charge is 0.459 e. The Morgan fingerprint density at radius 1 is 0.630 bits per heavy atom. The van der Waals surface area contributed by atoms with E-state index in [9.17, 15) is 19.2 Å². The highest BCUT2D eigenvalue weighted by Gasteiger charge is 2.49. The number of fused-ring (bicyclic) bond motifs is 1. The lowest BCUT2D eigenvalue weighted by molar-refractivity contribution is -0.138. The maximum Gasteiger partial charge on any atom is 0.338 e.